The first kappa shape index (κ1) is 42.0. The molecule has 0 saturated carbocycles. The van der Waals surface area contributed by atoms with Crippen LogP contribution in [-0.2, 0) is 53.1 Å². The average molecular weight is 845 g/mol. The number of benzene rings is 3. The van der Waals surface area contributed by atoms with Crippen LogP contribution in [0.4, 0.5) is 0 Å². The Hall–Kier alpha value is -2.33. The predicted octanol–water partition coefficient (Wildman–Crippen LogP) is 10.4. The molecule has 6 aliphatic rings. The van der Waals surface area contributed by atoms with E-state index in [0.29, 0.717) is 61.0 Å². The Bertz CT molecular complexity index is 1820. The van der Waals surface area contributed by atoms with Crippen LogP contribution in [0.25, 0.3) is 0 Å². The van der Waals surface area contributed by atoms with E-state index in [1.165, 1.54) is 81.8 Å². The van der Waals surface area contributed by atoms with Crippen LogP contribution in [0.5, 0.6) is 11.5 Å². The van der Waals surface area contributed by atoms with E-state index in [1.54, 1.807) is 0 Å². The molecule has 6 saturated heterocycles. The Morgan fingerprint density at radius 3 is 1.46 bits per heavy atom. The van der Waals surface area contributed by atoms with Gasteiger partial charge in [0.15, 0.2) is 0 Å². The molecule has 0 bridgehead atoms. The van der Waals surface area contributed by atoms with Crippen LogP contribution in [0.15, 0.2) is 78.9 Å². The van der Waals surface area contributed by atoms with Crippen molar-refractivity contribution in [1.82, 2.24) is 0 Å². The molecular formula is C49H65O8PS. The van der Waals surface area contributed by atoms with Gasteiger partial charge in [0.2, 0.25) is 0 Å². The molecule has 0 aliphatic carbocycles. The van der Waals surface area contributed by atoms with Crippen molar-refractivity contribution < 1.29 is 37.5 Å². The van der Waals surface area contributed by atoms with Crippen LogP contribution in [0.2, 0.25) is 0 Å². The van der Waals surface area contributed by atoms with E-state index < -0.39 is 6.49 Å². The number of hydrogen-bond acceptors (Lipinski definition) is 9. The van der Waals surface area contributed by atoms with Gasteiger partial charge in [0.1, 0.15) is 11.5 Å². The third-order valence-corrected chi connectivity index (χ3v) is 15.9. The number of epoxide rings is 6. The zero-order valence-corrected chi connectivity index (χ0v) is 36.5. The van der Waals surface area contributed by atoms with Crippen molar-refractivity contribution in [1.29, 1.82) is 0 Å². The van der Waals surface area contributed by atoms with Crippen LogP contribution in [0, 0.1) is 0 Å². The van der Waals surface area contributed by atoms with Gasteiger partial charge in [-0.3, -0.25) is 0 Å². The van der Waals surface area contributed by atoms with E-state index in [9.17, 15) is 0 Å². The van der Waals surface area contributed by atoms with Crippen molar-refractivity contribution in [3.05, 3.63) is 90.0 Å². The van der Waals surface area contributed by atoms with Crippen molar-refractivity contribution in [2.24, 2.45) is 0 Å². The highest BCUT2D eigenvalue weighted by Crippen LogP contribution is 2.48. The molecule has 0 N–H and O–H groups in total. The van der Waals surface area contributed by atoms with E-state index >= 15 is 0 Å². The number of rotatable bonds is 30. The quantitative estimate of drug-likeness (QED) is 0.0369. The summed E-state index contributed by atoms with van der Waals surface area (Å²) < 4.78 is 47.6. The fourth-order valence-electron chi connectivity index (χ4n) is 8.96. The summed E-state index contributed by atoms with van der Waals surface area (Å²) in [6.45, 7) is -1.03. The zero-order chi connectivity index (χ0) is 39.9. The van der Waals surface area contributed by atoms with E-state index in [2.05, 4.69) is 36.4 Å². The van der Waals surface area contributed by atoms with Gasteiger partial charge in [-0.15, -0.1) is 0 Å². The number of unbranched alkanes of at least 4 members (excludes halogenated alkanes) is 8. The first-order valence-corrected chi connectivity index (χ1v) is 25.7. The lowest BCUT2D eigenvalue weighted by Gasteiger charge is -2.24. The minimum atomic E-state index is -2.89. The second-order valence-corrected chi connectivity index (χ2v) is 21.3. The maximum absolute atomic E-state index is 6.69. The molecular weight excluding hydrogens is 780 g/mol. The van der Waals surface area contributed by atoms with E-state index in [4.69, 9.17) is 49.3 Å². The van der Waals surface area contributed by atoms with Gasteiger partial charge < -0.3 is 37.5 Å². The van der Waals surface area contributed by atoms with Crippen LogP contribution in [0.1, 0.15) is 120 Å². The second kappa shape index (κ2) is 20.2. The summed E-state index contributed by atoms with van der Waals surface area (Å²) in [6.07, 6.45) is 26.7. The average Bonchev–Trinajstić information content (AvgIpc) is 4.03. The monoisotopic (exact) mass is 844 g/mol. The Morgan fingerprint density at radius 1 is 0.458 bits per heavy atom. The highest BCUT2D eigenvalue weighted by Gasteiger charge is 2.50. The van der Waals surface area contributed by atoms with Crippen molar-refractivity contribution >= 4 is 23.6 Å². The lowest BCUT2D eigenvalue weighted by Crippen LogP contribution is -2.14. The van der Waals surface area contributed by atoms with Crippen LogP contribution >= 0.6 is 6.49 Å². The molecule has 10 heteroatoms. The van der Waals surface area contributed by atoms with E-state index in [0.717, 1.165) is 81.4 Å². The molecule has 3 aromatic carbocycles. The molecule has 8 nitrogen and oxygen atoms in total. The molecule has 3 aromatic rings. The molecule has 0 spiro atoms. The van der Waals surface area contributed by atoms with Gasteiger partial charge in [0.05, 0.1) is 79.6 Å². The smallest absolute Gasteiger partial charge is 0.319 e. The molecule has 0 amide bonds. The minimum absolute atomic E-state index is 0.411. The predicted molar refractivity (Wildman–Crippen MR) is 235 cm³/mol. The summed E-state index contributed by atoms with van der Waals surface area (Å²) in [4.78, 5) is 0. The number of ether oxygens (including phenoxy) is 6. The zero-order valence-electron chi connectivity index (χ0n) is 34.7. The molecule has 11 atom stereocenters. The van der Waals surface area contributed by atoms with Crippen molar-refractivity contribution in [3.8, 4) is 11.5 Å². The Balaban J connectivity index is 0.653. The third kappa shape index (κ3) is 13.6. The topological polar surface area (TPSA) is 93.6 Å². The fourth-order valence-corrected chi connectivity index (χ4v) is 11.4. The molecule has 6 fully saturated rings. The van der Waals surface area contributed by atoms with Crippen molar-refractivity contribution in [2.75, 3.05) is 13.2 Å². The number of hydrogen-bond donors (Lipinski definition) is 0. The van der Waals surface area contributed by atoms with Gasteiger partial charge in [0, 0.05) is 19.3 Å². The third-order valence-electron chi connectivity index (χ3n) is 13.0. The van der Waals surface area contributed by atoms with Crippen molar-refractivity contribution in [2.45, 2.75) is 183 Å². The summed E-state index contributed by atoms with van der Waals surface area (Å²) in [6, 6.07) is 27.0. The summed E-state index contributed by atoms with van der Waals surface area (Å²) in [5.41, 5.74) is 2.56. The largest absolute Gasteiger partial charge is 0.432 e. The first-order chi connectivity index (χ1) is 29.0. The fraction of sp³-hybridized carbons (Fsp3) is 0.633. The summed E-state index contributed by atoms with van der Waals surface area (Å²) in [5.74, 6) is 1.55. The Kier molecular flexibility index (Phi) is 14.4. The maximum atomic E-state index is 6.69. The molecule has 6 aliphatic heterocycles. The maximum Gasteiger partial charge on any atom is 0.319 e. The van der Waals surface area contributed by atoms with Crippen molar-refractivity contribution in [3.63, 3.8) is 0 Å². The summed E-state index contributed by atoms with van der Waals surface area (Å²) in [5, 5.41) is 0.912. The molecule has 59 heavy (non-hydrogen) atoms. The van der Waals surface area contributed by atoms with E-state index in [1.807, 2.05) is 42.5 Å². The van der Waals surface area contributed by atoms with Crippen LogP contribution < -0.4 is 14.4 Å². The summed E-state index contributed by atoms with van der Waals surface area (Å²) >= 11 is 6.30. The first-order valence-electron chi connectivity index (χ1n) is 23.1. The van der Waals surface area contributed by atoms with Gasteiger partial charge in [-0.1, -0.05) is 93.8 Å². The van der Waals surface area contributed by atoms with Crippen LogP contribution in [-0.4, -0.2) is 74.3 Å². The molecule has 11 unspecified atom stereocenters. The standard InChI is InChI=1S/C49H65O8PS/c59-58(41-22-10-7-11-23-41,57-38-21-15-19-36(29-38)17-9-4-2-6-13-25-43-47(53-43)32-49-45(55-49)30-40-34-51-40)56-37-20-14-18-35(28-37)16-8-3-1-5-12-24-42-46(52-42)31-48-44(54-48)27-26-39-33-50-39/h7,10-11,14-15,18-23,28-29,39-40,42-49H,1-6,8-9,12-13,16-17,24-27,30-34H2. The molecule has 9 rings (SSSR count). The minimum Gasteiger partial charge on any atom is -0.432 e. The van der Waals surface area contributed by atoms with Gasteiger partial charge in [-0.25, -0.2) is 0 Å². The second-order valence-electron chi connectivity index (χ2n) is 18.0. The highest BCUT2D eigenvalue weighted by molar-refractivity contribution is 8.13. The lowest BCUT2D eigenvalue weighted by molar-refractivity contribution is 0.311. The molecule has 0 aromatic heterocycles. The van der Waals surface area contributed by atoms with Gasteiger partial charge in [0.25, 0.3) is 0 Å². The molecule has 0 radical (unpaired) electrons. The van der Waals surface area contributed by atoms with E-state index in [-0.39, 0.29) is 0 Å². The highest BCUT2D eigenvalue weighted by atomic mass is 32.5. The lowest BCUT2D eigenvalue weighted by atomic mass is 10.0. The summed E-state index contributed by atoms with van der Waals surface area (Å²) in [7, 11) is 0. The number of aryl methyl sites for hydroxylation is 2. The Labute approximate surface area is 357 Å². The molecule has 320 valence electrons. The van der Waals surface area contributed by atoms with Crippen LogP contribution in [0.3, 0.4) is 0 Å². The van der Waals surface area contributed by atoms with Gasteiger partial charge in [-0.2, -0.15) is 0 Å². The SMILES string of the molecule is S=P(Oc1cccc(CCCCCCCC2OC2CC2OC2CCC2CO2)c1)(Oc1cccc(CCCCCCCC2OC2CC2OC2CC2CO2)c1)c1ccccc1. The van der Waals surface area contributed by atoms with Gasteiger partial charge >= 0.3 is 6.49 Å². The van der Waals surface area contributed by atoms with Gasteiger partial charge in [-0.05, 0) is 111 Å². The Morgan fingerprint density at radius 2 is 0.915 bits per heavy atom. The molecule has 6 heterocycles. The normalized spacial score (nSPS) is 30.6.